The molecule has 2 aromatic carbocycles. The Balaban J connectivity index is 1.22. The number of ether oxygens (including phenoxy) is 2. The van der Waals surface area contributed by atoms with Gasteiger partial charge in [0, 0.05) is 34.3 Å². The summed E-state index contributed by atoms with van der Waals surface area (Å²) in [6, 6.07) is 13.0. The van der Waals surface area contributed by atoms with Crippen molar-refractivity contribution in [2.24, 2.45) is 0 Å². The number of benzene rings is 2. The van der Waals surface area contributed by atoms with E-state index in [1.54, 1.807) is 24.4 Å². The van der Waals surface area contributed by atoms with Crippen molar-refractivity contribution in [1.29, 1.82) is 0 Å². The van der Waals surface area contributed by atoms with Gasteiger partial charge in [-0.05, 0) is 66.6 Å². The van der Waals surface area contributed by atoms with Crippen molar-refractivity contribution in [2.75, 3.05) is 7.11 Å². The standard InChI is InChI=1S/C30H25Cl3N2O4/c1-30(18-10-17(13-34-14-18)29(36)37-2)12-22(30)20-9-8-19(11-25(20)33)38-15-21-27(35-39-28(21)16-6-7-16)26-23(31)4-3-5-24(26)32/h3-5,8-11,13-14,16,22H,6-7,12,15H2,1-2H3. The summed E-state index contributed by atoms with van der Waals surface area (Å²) in [7, 11) is 1.36. The van der Waals surface area contributed by atoms with Gasteiger partial charge in [0.2, 0.25) is 0 Å². The molecule has 0 spiro atoms. The molecule has 2 fully saturated rings. The maximum absolute atomic E-state index is 12.0. The van der Waals surface area contributed by atoms with Gasteiger partial charge in [-0.1, -0.05) is 59.0 Å². The van der Waals surface area contributed by atoms with E-state index in [0.717, 1.165) is 41.7 Å². The highest BCUT2D eigenvalue weighted by molar-refractivity contribution is 6.39. The van der Waals surface area contributed by atoms with Gasteiger partial charge in [-0.3, -0.25) is 4.98 Å². The third-order valence-electron chi connectivity index (χ3n) is 7.75. The quantitative estimate of drug-likeness (QED) is 0.194. The molecule has 2 heterocycles. The lowest BCUT2D eigenvalue weighted by Gasteiger charge is -2.15. The number of nitrogens with zero attached hydrogens (tertiary/aromatic N) is 2. The summed E-state index contributed by atoms with van der Waals surface area (Å²) < 4.78 is 16.8. The molecule has 0 saturated heterocycles. The molecule has 0 aliphatic heterocycles. The average molecular weight is 584 g/mol. The van der Waals surface area contributed by atoms with Crippen molar-refractivity contribution >= 4 is 40.8 Å². The van der Waals surface area contributed by atoms with Crippen molar-refractivity contribution in [3.05, 3.63) is 97.9 Å². The van der Waals surface area contributed by atoms with Gasteiger partial charge in [0.15, 0.2) is 0 Å². The zero-order valence-corrected chi connectivity index (χ0v) is 23.6. The van der Waals surface area contributed by atoms with Crippen molar-refractivity contribution in [3.8, 4) is 17.0 Å². The highest BCUT2D eigenvalue weighted by Gasteiger charge is 2.53. The molecule has 2 atom stereocenters. The van der Waals surface area contributed by atoms with E-state index in [1.165, 1.54) is 13.3 Å². The van der Waals surface area contributed by atoms with Crippen LogP contribution in [0.4, 0.5) is 0 Å². The highest BCUT2D eigenvalue weighted by Crippen LogP contribution is 2.61. The van der Waals surface area contributed by atoms with Crippen LogP contribution in [0.5, 0.6) is 5.75 Å². The molecule has 6 rings (SSSR count). The molecule has 6 nitrogen and oxygen atoms in total. The number of carbonyl (C=O) groups is 1. The van der Waals surface area contributed by atoms with Crippen molar-refractivity contribution < 1.29 is 18.8 Å². The SMILES string of the molecule is COC(=O)c1cncc(C2(C)CC2c2ccc(OCc3c(-c4c(Cl)cccc4Cl)noc3C3CC3)cc2Cl)c1. The molecule has 2 aromatic heterocycles. The van der Waals surface area contributed by atoms with E-state index in [-0.39, 0.29) is 17.9 Å². The third kappa shape index (κ3) is 4.90. The van der Waals surface area contributed by atoms with Gasteiger partial charge < -0.3 is 14.0 Å². The van der Waals surface area contributed by atoms with Crippen LogP contribution < -0.4 is 4.74 Å². The summed E-state index contributed by atoms with van der Waals surface area (Å²) in [6.07, 6.45) is 6.32. The monoisotopic (exact) mass is 582 g/mol. The number of hydrogen-bond acceptors (Lipinski definition) is 6. The fraction of sp³-hybridized carbons (Fsp3) is 0.300. The Kier molecular flexibility index (Phi) is 6.82. The molecule has 2 aliphatic rings. The zero-order chi connectivity index (χ0) is 27.3. The molecule has 0 amide bonds. The second-order valence-corrected chi connectivity index (χ2v) is 11.6. The largest absolute Gasteiger partial charge is 0.489 e. The number of hydrogen-bond donors (Lipinski definition) is 0. The Morgan fingerprint density at radius 3 is 2.54 bits per heavy atom. The molecule has 0 bridgehead atoms. The molecule has 39 heavy (non-hydrogen) atoms. The topological polar surface area (TPSA) is 74.5 Å². The first-order valence-corrected chi connectivity index (χ1v) is 13.8. The molecule has 0 N–H and O–H groups in total. The number of methoxy groups -OCH3 is 1. The van der Waals surface area contributed by atoms with Crippen LogP contribution in [0.1, 0.15) is 70.8 Å². The van der Waals surface area contributed by atoms with Crippen LogP contribution in [-0.4, -0.2) is 23.2 Å². The average Bonchev–Trinajstić information content (AvgIpc) is 3.85. The van der Waals surface area contributed by atoms with Crippen molar-refractivity contribution in [2.45, 2.75) is 50.0 Å². The molecule has 2 aliphatic carbocycles. The molecule has 9 heteroatoms. The van der Waals surface area contributed by atoms with Crippen molar-refractivity contribution in [3.63, 3.8) is 0 Å². The van der Waals surface area contributed by atoms with Gasteiger partial charge in [0.1, 0.15) is 23.8 Å². The van der Waals surface area contributed by atoms with Crippen LogP contribution in [-0.2, 0) is 16.8 Å². The van der Waals surface area contributed by atoms with E-state index < -0.39 is 5.97 Å². The minimum Gasteiger partial charge on any atom is -0.489 e. The Morgan fingerprint density at radius 2 is 1.85 bits per heavy atom. The fourth-order valence-corrected chi connectivity index (χ4v) is 6.08. The lowest BCUT2D eigenvalue weighted by molar-refractivity contribution is 0.0600. The Bertz CT molecular complexity index is 1560. The fourth-order valence-electron chi connectivity index (χ4n) is 5.20. The number of rotatable bonds is 8. The number of pyridine rings is 1. The normalized spacial score (nSPS) is 20.1. The third-order valence-corrected chi connectivity index (χ3v) is 8.71. The van der Waals surface area contributed by atoms with Crippen LogP contribution in [0.25, 0.3) is 11.3 Å². The highest BCUT2D eigenvalue weighted by atomic mass is 35.5. The molecular formula is C30H25Cl3N2O4. The summed E-state index contributed by atoms with van der Waals surface area (Å²) in [4.78, 5) is 16.2. The maximum Gasteiger partial charge on any atom is 0.339 e. The van der Waals surface area contributed by atoms with E-state index in [2.05, 4.69) is 17.1 Å². The van der Waals surface area contributed by atoms with Gasteiger partial charge >= 0.3 is 5.97 Å². The smallest absolute Gasteiger partial charge is 0.339 e. The zero-order valence-electron chi connectivity index (χ0n) is 21.3. The van der Waals surface area contributed by atoms with E-state index in [0.29, 0.717) is 43.6 Å². The predicted octanol–water partition coefficient (Wildman–Crippen LogP) is 8.39. The second-order valence-electron chi connectivity index (χ2n) is 10.3. The van der Waals surface area contributed by atoms with Crippen LogP contribution in [0.2, 0.25) is 15.1 Å². The van der Waals surface area contributed by atoms with Crippen molar-refractivity contribution in [1.82, 2.24) is 10.1 Å². The number of halogens is 3. The second kappa shape index (κ2) is 10.2. The Morgan fingerprint density at radius 1 is 1.08 bits per heavy atom. The summed E-state index contributed by atoms with van der Waals surface area (Å²) in [5.41, 5.74) is 4.37. The first-order valence-electron chi connectivity index (χ1n) is 12.7. The summed E-state index contributed by atoms with van der Waals surface area (Å²) in [5.74, 6) is 1.58. The maximum atomic E-state index is 12.0. The van der Waals surface area contributed by atoms with Crippen LogP contribution in [0, 0.1) is 0 Å². The lowest BCUT2D eigenvalue weighted by atomic mass is 9.93. The molecule has 0 radical (unpaired) electrons. The molecule has 2 saturated carbocycles. The van der Waals surface area contributed by atoms with Gasteiger partial charge in [-0.15, -0.1) is 0 Å². The number of esters is 1. The Labute approximate surface area is 241 Å². The van der Waals surface area contributed by atoms with E-state index in [9.17, 15) is 4.79 Å². The van der Waals surface area contributed by atoms with Crippen LogP contribution in [0.15, 0.2) is 59.4 Å². The molecule has 2 unspecified atom stereocenters. The minimum atomic E-state index is -0.401. The molecular weight excluding hydrogens is 559 g/mol. The van der Waals surface area contributed by atoms with Gasteiger partial charge in [0.25, 0.3) is 0 Å². The number of carbonyl (C=O) groups excluding carboxylic acids is 1. The van der Waals surface area contributed by atoms with E-state index in [1.807, 2.05) is 24.3 Å². The first-order chi connectivity index (χ1) is 18.8. The van der Waals surface area contributed by atoms with Gasteiger partial charge in [0.05, 0.1) is 28.3 Å². The summed E-state index contributed by atoms with van der Waals surface area (Å²) in [5, 5.41) is 5.97. The van der Waals surface area contributed by atoms with E-state index >= 15 is 0 Å². The predicted molar refractivity (Wildman–Crippen MR) is 150 cm³/mol. The first kappa shape index (κ1) is 26.2. The Hall–Kier alpha value is -3.06. The summed E-state index contributed by atoms with van der Waals surface area (Å²) >= 11 is 19.7. The van der Waals surface area contributed by atoms with E-state index in [4.69, 9.17) is 48.8 Å². The lowest BCUT2D eigenvalue weighted by Crippen LogP contribution is -2.09. The summed E-state index contributed by atoms with van der Waals surface area (Å²) in [6.45, 7) is 2.40. The van der Waals surface area contributed by atoms with Gasteiger partial charge in [-0.2, -0.15) is 0 Å². The van der Waals surface area contributed by atoms with Crippen LogP contribution in [0.3, 0.4) is 0 Å². The number of aromatic nitrogens is 2. The van der Waals surface area contributed by atoms with Crippen LogP contribution >= 0.6 is 34.8 Å². The molecule has 4 aromatic rings. The molecule has 200 valence electrons. The minimum absolute atomic E-state index is 0.173. The van der Waals surface area contributed by atoms with Gasteiger partial charge in [-0.25, -0.2) is 4.79 Å².